The second-order valence-electron chi connectivity index (χ2n) is 6.52. The number of non-ortho nitro benzene ring substituents is 1. The highest BCUT2D eigenvalue weighted by Crippen LogP contribution is 2.31. The van der Waals surface area contributed by atoms with Crippen molar-refractivity contribution < 1.29 is 4.92 Å². The predicted molar refractivity (Wildman–Crippen MR) is 120 cm³/mol. The lowest BCUT2D eigenvalue weighted by Gasteiger charge is -1.97. The van der Waals surface area contributed by atoms with E-state index < -0.39 is 4.92 Å². The monoisotopic (exact) mass is 399 g/mol. The first-order valence-corrected chi connectivity index (χ1v) is 9.83. The molecule has 1 aromatic heterocycles. The van der Waals surface area contributed by atoms with Gasteiger partial charge in [-0.3, -0.25) is 15.1 Å². The minimum atomic E-state index is -0.409. The zero-order valence-corrected chi connectivity index (χ0v) is 16.5. The van der Waals surface area contributed by atoms with Gasteiger partial charge in [-0.05, 0) is 72.7 Å². The van der Waals surface area contributed by atoms with Gasteiger partial charge < -0.3 is 0 Å². The zero-order valence-electron chi connectivity index (χ0n) is 15.6. The number of fused-ring (bicyclic) bond motifs is 1. The van der Waals surface area contributed by atoms with Gasteiger partial charge in [0.15, 0.2) is 0 Å². The van der Waals surface area contributed by atoms with Crippen LogP contribution in [-0.2, 0) is 0 Å². The van der Waals surface area contributed by atoms with Crippen LogP contribution < -0.4 is 0 Å². The van der Waals surface area contributed by atoms with Gasteiger partial charge in [0.1, 0.15) is 5.01 Å². The average molecular weight is 399 g/mol. The summed E-state index contributed by atoms with van der Waals surface area (Å²) in [6.45, 7) is 2.09. The van der Waals surface area contributed by atoms with Crippen LogP contribution in [0.15, 0.2) is 77.8 Å². The fraction of sp³-hybridized carbons (Fsp3) is 0.0435. The number of hydrogen-bond donors (Lipinski definition) is 0. The third-order valence-corrected chi connectivity index (χ3v) is 5.43. The largest absolute Gasteiger partial charge is 0.269 e. The number of aryl methyl sites for hydroxylation is 1. The topological polar surface area (TPSA) is 68.4 Å². The number of allylic oxidation sites excluding steroid dienone is 1. The average Bonchev–Trinajstić information content (AvgIpc) is 3.15. The molecule has 0 atom stereocenters. The van der Waals surface area contributed by atoms with E-state index in [1.54, 1.807) is 29.7 Å². The molecule has 4 rings (SSSR count). The molecule has 0 radical (unpaired) electrons. The highest BCUT2D eigenvalue weighted by atomic mass is 32.1. The molecule has 0 aliphatic carbocycles. The molecule has 29 heavy (non-hydrogen) atoms. The second kappa shape index (κ2) is 8.16. The summed E-state index contributed by atoms with van der Waals surface area (Å²) in [4.78, 5) is 19.4. The normalized spacial score (nSPS) is 11.6. The first-order valence-electron chi connectivity index (χ1n) is 9.01. The molecule has 0 saturated carbocycles. The van der Waals surface area contributed by atoms with Crippen LogP contribution in [0, 0.1) is 17.0 Å². The molecule has 0 saturated heterocycles. The van der Waals surface area contributed by atoms with E-state index in [-0.39, 0.29) is 5.69 Å². The van der Waals surface area contributed by atoms with Gasteiger partial charge in [-0.25, -0.2) is 4.98 Å². The summed E-state index contributed by atoms with van der Waals surface area (Å²) >= 11 is 1.69. The van der Waals surface area contributed by atoms with E-state index in [4.69, 9.17) is 4.98 Å². The molecule has 0 amide bonds. The Bertz CT molecular complexity index is 1220. The van der Waals surface area contributed by atoms with Gasteiger partial charge in [0.05, 0.1) is 20.8 Å². The van der Waals surface area contributed by atoms with Crippen molar-refractivity contribution in [3.8, 4) is 10.6 Å². The molecule has 6 heteroatoms. The standard InChI is InChI=1S/C23H17N3O2S/c1-16-4-13-21-22(15-16)29-23(25-21)18-7-9-19(10-8-18)24-14-2-3-17-5-11-20(12-6-17)26(27)28/h2-15H,1H3. The van der Waals surface area contributed by atoms with Gasteiger partial charge in [-0.15, -0.1) is 11.3 Å². The summed E-state index contributed by atoms with van der Waals surface area (Å²) in [6.07, 6.45) is 5.37. The Hall–Kier alpha value is -3.64. The molecule has 3 aromatic carbocycles. The maximum absolute atomic E-state index is 10.7. The molecule has 0 aliphatic heterocycles. The number of hydrogen-bond acceptors (Lipinski definition) is 5. The van der Waals surface area contributed by atoms with Crippen LogP contribution in [0.1, 0.15) is 11.1 Å². The lowest BCUT2D eigenvalue weighted by atomic mass is 10.2. The number of aromatic nitrogens is 1. The van der Waals surface area contributed by atoms with Gasteiger partial charge in [0.2, 0.25) is 0 Å². The molecule has 0 aliphatic rings. The Morgan fingerprint density at radius 1 is 1.03 bits per heavy atom. The number of rotatable bonds is 5. The van der Waals surface area contributed by atoms with E-state index in [0.29, 0.717) is 0 Å². The van der Waals surface area contributed by atoms with Crippen molar-refractivity contribution in [1.82, 2.24) is 4.98 Å². The number of nitrogens with zero attached hydrogens (tertiary/aromatic N) is 3. The van der Waals surface area contributed by atoms with Crippen molar-refractivity contribution in [2.75, 3.05) is 0 Å². The SMILES string of the molecule is Cc1ccc2nc(-c3ccc(N=CC=Cc4ccc([N+](=O)[O-])cc4)cc3)sc2c1. The first kappa shape index (κ1) is 18.7. The van der Waals surface area contributed by atoms with Crippen molar-refractivity contribution in [2.24, 2.45) is 4.99 Å². The number of benzene rings is 3. The molecular formula is C23H17N3O2S. The molecule has 142 valence electrons. The van der Waals surface area contributed by atoms with E-state index in [9.17, 15) is 10.1 Å². The molecule has 1 heterocycles. The van der Waals surface area contributed by atoms with Gasteiger partial charge >= 0.3 is 0 Å². The van der Waals surface area contributed by atoms with Crippen LogP contribution in [0.3, 0.4) is 0 Å². The van der Waals surface area contributed by atoms with Crippen LogP contribution in [0.4, 0.5) is 11.4 Å². The lowest BCUT2D eigenvalue weighted by Crippen LogP contribution is -1.86. The molecule has 5 nitrogen and oxygen atoms in total. The Morgan fingerprint density at radius 3 is 2.52 bits per heavy atom. The van der Waals surface area contributed by atoms with Gasteiger partial charge in [-0.2, -0.15) is 0 Å². The zero-order chi connectivity index (χ0) is 20.2. The lowest BCUT2D eigenvalue weighted by molar-refractivity contribution is -0.384. The molecule has 0 bridgehead atoms. The quantitative estimate of drug-likeness (QED) is 0.216. The Kier molecular flexibility index (Phi) is 5.27. The summed E-state index contributed by atoms with van der Waals surface area (Å²) < 4.78 is 1.19. The highest BCUT2D eigenvalue weighted by molar-refractivity contribution is 7.21. The van der Waals surface area contributed by atoms with E-state index >= 15 is 0 Å². The summed E-state index contributed by atoms with van der Waals surface area (Å²) in [5, 5.41) is 11.7. The Balaban J connectivity index is 1.43. The molecular weight excluding hydrogens is 382 g/mol. The molecule has 0 unspecified atom stereocenters. The summed E-state index contributed by atoms with van der Waals surface area (Å²) in [5.41, 5.74) is 5.14. The maximum atomic E-state index is 10.7. The maximum Gasteiger partial charge on any atom is 0.269 e. The number of aliphatic imine (C=N–C) groups is 1. The summed E-state index contributed by atoms with van der Waals surface area (Å²) in [7, 11) is 0. The summed E-state index contributed by atoms with van der Waals surface area (Å²) in [5.74, 6) is 0. The fourth-order valence-electron chi connectivity index (χ4n) is 2.84. The molecule has 4 aromatic rings. The van der Waals surface area contributed by atoms with E-state index in [1.807, 2.05) is 36.4 Å². The van der Waals surface area contributed by atoms with Crippen LogP contribution >= 0.6 is 11.3 Å². The predicted octanol–water partition coefficient (Wildman–Crippen LogP) is 6.60. The van der Waals surface area contributed by atoms with Crippen molar-refractivity contribution in [2.45, 2.75) is 6.92 Å². The third-order valence-electron chi connectivity index (χ3n) is 4.36. The highest BCUT2D eigenvalue weighted by Gasteiger charge is 2.06. The molecule has 0 fully saturated rings. The minimum Gasteiger partial charge on any atom is -0.258 e. The fourth-order valence-corrected chi connectivity index (χ4v) is 3.91. The molecule has 0 spiro atoms. The Labute approximate surface area is 171 Å². The van der Waals surface area contributed by atoms with Gasteiger partial charge in [0.25, 0.3) is 5.69 Å². The minimum absolute atomic E-state index is 0.0826. The van der Waals surface area contributed by atoms with Crippen molar-refractivity contribution in [3.63, 3.8) is 0 Å². The van der Waals surface area contributed by atoms with Crippen LogP contribution in [0.2, 0.25) is 0 Å². The van der Waals surface area contributed by atoms with Gasteiger partial charge in [-0.1, -0.05) is 12.1 Å². The van der Waals surface area contributed by atoms with E-state index in [2.05, 4.69) is 30.1 Å². The van der Waals surface area contributed by atoms with Crippen LogP contribution in [0.5, 0.6) is 0 Å². The van der Waals surface area contributed by atoms with Crippen LogP contribution in [0.25, 0.3) is 26.9 Å². The van der Waals surface area contributed by atoms with Crippen molar-refractivity contribution in [3.05, 3.63) is 94.0 Å². The summed E-state index contributed by atoms with van der Waals surface area (Å²) in [6, 6.07) is 20.6. The third kappa shape index (κ3) is 4.44. The first-order chi connectivity index (χ1) is 14.1. The van der Waals surface area contributed by atoms with E-state index in [0.717, 1.165) is 27.3 Å². The van der Waals surface area contributed by atoms with Crippen molar-refractivity contribution in [1.29, 1.82) is 0 Å². The number of thiazole rings is 1. The van der Waals surface area contributed by atoms with Gasteiger partial charge in [0, 0.05) is 23.9 Å². The second-order valence-corrected chi connectivity index (χ2v) is 7.55. The van der Waals surface area contributed by atoms with Crippen molar-refractivity contribution >= 4 is 45.2 Å². The molecule has 0 N–H and O–H groups in total. The van der Waals surface area contributed by atoms with Crippen LogP contribution in [-0.4, -0.2) is 16.1 Å². The number of nitro groups is 1. The number of nitro benzene ring substituents is 1. The Morgan fingerprint density at radius 2 is 1.79 bits per heavy atom. The smallest absolute Gasteiger partial charge is 0.258 e. The van der Waals surface area contributed by atoms with E-state index in [1.165, 1.54) is 22.4 Å².